The van der Waals surface area contributed by atoms with E-state index in [1.165, 1.54) is 5.56 Å². The number of anilines is 1. The van der Waals surface area contributed by atoms with E-state index >= 15 is 0 Å². The summed E-state index contributed by atoms with van der Waals surface area (Å²) in [5, 5.41) is 12.6. The van der Waals surface area contributed by atoms with Crippen LogP contribution in [0.1, 0.15) is 32.8 Å². The van der Waals surface area contributed by atoms with E-state index in [9.17, 15) is 0 Å². The van der Waals surface area contributed by atoms with Gasteiger partial charge in [0.15, 0.2) is 0 Å². The van der Waals surface area contributed by atoms with Crippen LogP contribution >= 0.6 is 0 Å². The maximum Gasteiger partial charge on any atom is 0.133 e. The van der Waals surface area contributed by atoms with Gasteiger partial charge < -0.3 is 15.3 Å². The van der Waals surface area contributed by atoms with Crippen LogP contribution in [0.4, 0.5) is 5.82 Å². The lowest BCUT2D eigenvalue weighted by atomic mass is 10.2. The van der Waals surface area contributed by atoms with Gasteiger partial charge in [-0.25, -0.2) is 4.98 Å². The minimum Gasteiger partial charge on any atom is -0.395 e. The molecule has 0 bridgehead atoms. The molecule has 4 nitrogen and oxygen atoms in total. The number of nitrogens with zero attached hydrogens (tertiary/aromatic N) is 2. The number of pyridine rings is 1. The minimum absolute atomic E-state index is 0.149. The maximum atomic E-state index is 9.17. The second kappa shape index (κ2) is 8.06. The molecule has 0 aromatic carbocycles. The van der Waals surface area contributed by atoms with Crippen LogP contribution in [-0.2, 0) is 6.54 Å². The molecule has 0 aliphatic rings. The molecule has 1 heterocycles. The molecule has 1 aromatic rings. The smallest absolute Gasteiger partial charge is 0.133 e. The summed E-state index contributed by atoms with van der Waals surface area (Å²) in [6.07, 6.45) is 2.94. The Morgan fingerprint density at radius 2 is 2.22 bits per heavy atom. The first-order valence-electron chi connectivity index (χ1n) is 6.72. The Balaban J connectivity index is 2.84. The molecule has 1 aromatic heterocycles. The molecule has 0 aliphatic carbocycles. The second-order valence-electron chi connectivity index (χ2n) is 4.67. The third-order valence-electron chi connectivity index (χ3n) is 2.85. The molecule has 1 rings (SSSR count). The van der Waals surface area contributed by atoms with Gasteiger partial charge >= 0.3 is 0 Å². The van der Waals surface area contributed by atoms with Gasteiger partial charge in [0.05, 0.1) is 6.61 Å². The molecule has 4 heteroatoms. The van der Waals surface area contributed by atoms with Crippen LogP contribution in [0.2, 0.25) is 0 Å². The molecular weight excluding hydrogens is 226 g/mol. The van der Waals surface area contributed by atoms with Crippen molar-refractivity contribution in [2.75, 3.05) is 24.6 Å². The standard InChI is InChI=1S/C14H25N3O/c1-4-7-15-11-13-6-5-8-16-14(13)17(9-10-18)12(2)3/h5-6,8,12,15,18H,4,7,9-11H2,1-3H3. The average Bonchev–Trinajstić information content (AvgIpc) is 2.37. The molecule has 0 atom stereocenters. The van der Waals surface area contributed by atoms with E-state index in [1.807, 2.05) is 12.3 Å². The van der Waals surface area contributed by atoms with Gasteiger partial charge in [0.25, 0.3) is 0 Å². The van der Waals surface area contributed by atoms with Crippen molar-refractivity contribution in [1.82, 2.24) is 10.3 Å². The first kappa shape index (κ1) is 14.9. The maximum absolute atomic E-state index is 9.17. The summed E-state index contributed by atoms with van der Waals surface area (Å²) in [5.41, 5.74) is 1.19. The predicted octanol–water partition coefficient (Wildman–Crippen LogP) is 1.79. The van der Waals surface area contributed by atoms with Gasteiger partial charge in [-0.1, -0.05) is 13.0 Å². The van der Waals surface area contributed by atoms with Crippen molar-refractivity contribution >= 4 is 5.82 Å². The monoisotopic (exact) mass is 251 g/mol. The van der Waals surface area contributed by atoms with Gasteiger partial charge in [0, 0.05) is 30.9 Å². The van der Waals surface area contributed by atoms with E-state index in [0.717, 1.165) is 25.3 Å². The summed E-state index contributed by atoms with van der Waals surface area (Å²) in [5.74, 6) is 0.977. The van der Waals surface area contributed by atoms with Crippen molar-refractivity contribution in [3.63, 3.8) is 0 Å². The molecule has 0 fully saturated rings. The fourth-order valence-corrected chi connectivity index (χ4v) is 1.94. The van der Waals surface area contributed by atoms with E-state index in [2.05, 4.69) is 42.0 Å². The molecule has 0 saturated carbocycles. The van der Waals surface area contributed by atoms with Crippen LogP contribution in [0.25, 0.3) is 0 Å². The van der Waals surface area contributed by atoms with E-state index in [1.54, 1.807) is 0 Å². The van der Waals surface area contributed by atoms with Crippen molar-refractivity contribution in [2.45, 2.75) is 39.8 Å². The van der Waals surface area contributed by atoms with Crippen LogP contribution in [-0.4, -0.2) is 35.8 Å². The Morgan fingerprint density at radius 3 is 2.83 bits per heavy atom. The SMILES string of the molecule is CCCNCc1cccnc1N(CCO)C(C)C. The largest absolute Gasteiger partial charge is 0.395 e. The quantitative estimate of drug-likeness (QED) is 0.692. The zero-order valence-electron chi connectivity index (χ0n) is 11.7. The highest BCUT2D eigenvalue weighted by Gasteiger charge is 2.14. The normalized spacial score (nSPS) is 10.9. The molecule has 2 N–H and O–H groups in total. The van der Waals surface area contributed by atoms with Crippen LogP contribution in [0, 0.1) is 0 Å². The van der Waals surface area contributed by atoms with Crippen LogP contribution in [0.5, 0.6) is 0 Å². The highest BCUT2D eigenvalue weighted by atomic mass is 16.3. The Morgan fingerprint density at radius 1 is 1.44 bits per heavy atom. The molecule has 0 unspecified atom stereocenters. The summed E-state index contributed by atoms with van der Waals surface area (Å²) in [7, 11) is 0. The minimum atomic E-state index is 0.149. The summed E-state index contributed by atoms with van der Waals surface area (Å²) in [4.78, 5) is 6.61. The Hall–Kier alpha value is -1.13. The Bertz CT molecular complexity index is 342. The summed E-state index contributed by atoms with van der Waals surface area (Å²) in [6, 6.07) is 4.39. The number of hydrogen-bond donors (Lipinski definition) is 2. The third-order valence-corrected chi connectivity index (χ3v) is 2.85. The number of aliphatic hydroxyl groups excluding tert-OH is 1. The van der Waals surface area contributed by atoms with Gasteiger partial charge in [-0.3, -0.25) is 0 Å². The number of rotatable bonds is 8. The summed E-state index contributed by atoms with van der Waals surface area (Å²) >= 11 is 0. The average molecular weight is 251 g/mol. The first-order valence-corrected chi connectivity index (χ1v) is 6.72. The number of aliphatic hydroxyl groups is 1. The van der Waals surface area contributed by atoms with Crippen molar-refractivity contribution in [1.29, 1.82) is 0 Å². The van der Waals surface area contributed by atoms with Crippen LogP contribution < -0.4 is 10.2 Å². The van der Waals surface area contributed by atoms with E-state index in [0.29, 0.717) is 12.6 Å². The topological polar surface area (TPSA) is 48.4 Å². The molecule has 0 radical (unpaired) electrons. The Kier molecular flexibility index (Phi) is 6.68. The van der Waals surface area contributed by atoms with Crippen LogP contribution in [0.3, 0.4) is 0 Å². The third kappa shape index (κ3) is 4.27. The zero-order valence-corrected chi connectivity index (χ0v) is 11.7. The molecular formula is C14H25N3O. The van der Waals surface area contributed by atoms with Gasteiger partial charge in [-0.2, -0.15) is 0 Å². The lowest BCUT2D eigenvalue weighted by molar-refractivity contribution is 0.298. The molecule has 0 spiro atoms. The molecule has 0 aliphatic heterocycles. The van der Waals surface area contributed by atoms with E-state index in [-0.39, 0.29) is 6.61 Å². The van der Waals surface area contributed by atoms with E-state index < -0.39 is 0 Å². The van der Waals surface area contributed by atoms with Crippen LogP contribution in [0.15, 0.2) is 18.3 Å². The van der Waals surface area contributed by atoms with Crippen molar-refractivity contribution in [2.24, 2.45) is 0 Å². The number of hydrogen-bond acceptors (Lipinski definition) is 4. The number of aromatic nitrogens is 1. The van der Waals surface area contributed by atoms with Gasteiger partial charge in [-0.15, -0.1) is 0 Å². The molecule has 18 heavy (non-hydrogen) atoms. The van der Waals surface area contributed by atoms with Gasteiger partial charge in [0.2, 0.25) is 0 Å². The van der Waals surface area contributed by atoms with Gasteiger partial charge in [-0.05, 0) is 32.9 Å². The molecule has 0 amide bonds. The highest BCUT2D eigenvalue weighted by molar-refractivity contribution is 5.47. The van der Waals surface area contributed by atoms with Crippen molar-refractivity contribution < 1.29 is 5.11 Å². The predicted molar refractivity (Wildman–Crippen MR) is 75.8 cm³/mol. The summed E-state index contributed by atoms with van der Waals surface area (Å²) < 4.78 is 0. The number of nitrogens with one attached hydrogen (secondary N) is 1. The fraction of sp³-hybridized carbons (Fsp3) is 0.643. The zero-order chi connectivity index (χ0) is 13.4. The highest BCUT2D eigenvalue weighted by Crippen LogP contribution is 2.19. The fourth-order valence-electron chi connectivity index (χ4n) is 1.94. The Labute approximate surface area is 110 Å². The van der Waals surface area contributed by atoms with Crippen molar-refractivity contribution in [3.8, 4) is 0 Å². The summed E-state index contributed by atoms with van der Waals surface area (Å²) in [6.45, 7) is 9.00. The molecule has 102 valence electrons. The lowest BCUT2D eigenvalue weighted by Crippen LogP contribution is -2.35. The van der Waals surface area contributed by atoms with Crippen molar-refractivity contribution in [3.05, 3.63) is 23.9 Å². The lowest BCUT2D eigenvalue weighted by Gasteiger charge is -2.29. The first-order chi connectivity index (χ1) is 8.70. The molecule has 0 saturated heterocycles. The van der Waals surface area contributed by atoms with Gasteiger partial charge in [0.1, 0.15) is 5.82 Å². The van der Waals surface area contributed by atoms with E-state index in [4.69, 9.17) is 5.11 Å². The second-order valence-corrected chi connectivity index (χ2v) is 4.67.